The molecule has 1 heterocycles. The number of phenolic OH excluding ortho intramolecular Hbond substituents is 2. The van der Waals surface area contributed by atoms with Gasteiger partial charge in [0.1, 0.15) is 16.9 Å². The van der Waals surface area contributed by atoms with E-state index in [4.69, 9.17) is 19.6 Å². The van der Waals surface area contributed by atoms with Gasteiger partial charge in [-0.15, -0.1) is 0 Å². The largest absolute Gasteiger partial charge is 0.507 e. The zero-order valence-corrected chi connectivity index (χ0v) is 19.9. The third kappa shape index (κ3) is 3.20. The lowest BCUT2D eigenvalue weighted by Crippen LogP contribution is -2.17. The summed E-state index contributed by atoms with van der Waals surface area (Å²) in [7, 11) is 2.91. The van der Waals surface area contributed by atoms with E-state index in [-0.39, 0.29) is 62.3 Å². The summed E-state index contributed by atoms with van der Waals surface area (Å²) < 4.78 is 17.3. The first-order valence-electron chi connectivity index (χ1n) is 11.2. The van der Waals surface area contributed by atoms with E-state index in [2.05, 4.69) is 0 Å². The van der Waals surface area contributed by atoms with E-state index >= 15 is 0 Å². The summed E-state index contributed by atoms with van der Waals surface area (Å²) in [4.78, 5) is 13.5. The fraction of sp³-hybridized carbons (Fsp3) is 0.222. The van der Waals surface area contributed by atoms with Crippen LogP contribution in [0.4, 0.5) is 0 Å². The van der Waals surface area contributed by atoms with Crippen LogP contribution in [0.15, 0.2) is 39.2 Å². The molecular formula is C27H25NO8. The van der Waals surface area contributed by atoms with Crippen LogP contribution >= 0.6 is 0 Å². The molecule has 4 aromatic rings. The van der Waals surface area contributed by atoms with Gasteiger partial charge in [-0.2, -0.15) is 0 Å². The number of aliphatic hydroxyl groups is 1. The summed E-state index contributed by atoms with van der Waals surface area (Å²) >= 11 is 0. The number of nitrogens with two attached hydrogens (primary N) is 1. The number of methoxy groups -OCH3 is 2. The minimum absolute atomic E-state index is 0.0359. The molecule has 0 bridgehead atoms. The highest BCUT2D eigenvalue weighted by Crippen LogP contribution is 2.55. The van der Waals surface area contributed by atoms with Crippen LogP contribution in [0, 0.1) is 0 Å². The first kappa shape index (κ1) is 23.5. The fourth-order valence-corrected chi connectivity index (χ4v) is 5.09. The Balaban J connectivity index is 2.00. The molecule has 0 amide bonds. The highest BCUT2D eigenvalue weighted by atomic mass is 16.5. The van der Waals surface area contributed by atoms with Crippen LogP contribution in [0.25, 0.3) is 39.1 Å². The topological polar surface area (TPSA) is 156 Å². The predicted molar refractivity (Wildman–Crippen MR) is 134 cm³/mol. The van der Waals surface area contributed by atoms with Crippen molar-refractivity contribution in [2.45, 2.75) is 26.1 Å². The van der Waals surface area contributed by atoms with Crippen molar-refractivity contribution in [2.75, 3.05) is 14.2 Å². The normalized spacial score (nSPS) is 15.2. The van der Waals surface area contributed by atoms with Crippen molar-refractivity contribution in [3.05, 3.63) is 62.4 Å². The van der Waals surface area contributed by atoms with Crippen molar-refractivity contribution in [2.24, 2.45) is 5.73 Å². The maximum atomic E-state index is 13.5. The summed E-state index contributed by atoms with van der Waals surface area (Å²) in [5.74, 6) is -0.746. The summed E-state index contributed by atoms with van der Waals surface area (Å²) in [6.45, 7) is 1.19. The van der Waals surface area contributed by atoms with Gasteiger partial charge in [0.2, 0.25) is 5.43 Å². The van der Waals surface area contributed by atoms with Gasteiger partial charge < -0.3 is 40.1 Å². The van der Waals surface area contributed by atoms with Gasteiger partial charge in [-0.3, -0.25) is 4.79 Å². The van der Waals surface area contributed by atoms with Crippen molar-refractivity contribution in [1.82, 2.24) is 0 Å². The van der Waals surface area contributed by atoms with E-state index in [1.165, 1.54) is 32.4 Å². The van der Waals surface area contributed by atoms with E-state index in [0.29, 0.717) is 22.4 Å². The molecule has 9 nitrogen and oxygen atoms in total. The predicted octanol–water partition coefficient (Wildman–Crippen LogP) is 3.79. The molecule has 36 heavy (non-hydrogen) atoms. The summed E-state index contributed by atoms with van der Waals surface area (Å²) in [6, 6.07) is 6.11. The molecule has 186 valence electrons. The Bertz CT molecular complexity index is 1650. The number of hydrogen-bond acceptors (Lipinski definition) is 9. The van der Waals surface area contributed by atoms with Crippen LogP contribution in [-0.2, 0) is 17.8 Å². The van der Waals surface area contributed by atoms with Crippen molar-refractivity contribution < 1.29 is 34.3 Å². The number of hydrogen-bond donors (Lipinski definition) is 5. The number of aliphatic hydroxyl groups excluding tert-OH is 1. The van der Waals surface area contributed by atoms with Crippen LogP contribution in [0.3, 0.4) is 0 Å². The number of para-hydroxylation sites is 1. The Morgan fingerprint density at radius 3 is 2.56 bits per heavy atom. The molecule has 5 rings (SSSR count). The number of phenols is 3. The second-order valence-corrected chi connectivity index (χ2v) is 8.76. The van der Waals surface area contributed by atoms with Crippen molar-refractivity contribution in [3.8, 4) is 34.1 Å². The Kier molecular flexibility index (Phi) is 5.54. The van der Waals surface area contributed by atoms with Gasteiger partial charge in [-0.25, -0.2) is 0 Å². The number of ether oxygens (including phenoxy) is 2. The maximum absolute atomic E-state index is 13.5. The van der Waals surface area contributed by atoms with Crippen LogP contribution < -0.4 is 15.9 Å². The van der Waals surface area contributed by atoms with Crippen molar-refractivity contribution >= 4 is 28.0 Å². The molecule has 0 aliphatic heterocycles. The van der Waals surface area contributed by atoms with E-state index in [0.717, 1.165) is 0 Å². The molecular weight excluding hydrogens is 466 g/mol. The zero-order valence-electron chi connectivity index (χ0n) is 19.9. The molecule has 1 aliphatic rings. The minimum Gasteiger partial charge on any atom is -0.507 e. The maximum Gasteiger partial charge on any atom is 0.204 e. The van der Waals surface area contributed by atoms with Crippen molar-refractivity contribution in [1.29, 1.82) is 0 Å². The molecule has 1 aromatic heterocycles. The van der Waals surface area contributed by atoms with Gasteiger partial charge in [0.25, 0.3) is 0 Å². The second kappa shape index (κ2) is 8.47. The van der Waals surface area contributed by atoms with Crippen LogP contribution in [0.2, 0.25) is 0 Å². The number of allylic oxidation sites excluding steroid dienone is 1. The molecule has 6 N–H and O–H groups in total. The SMILES string of the molecule is COc1c2c(c(O)c3c(=O)c4cccc(O)c4oc13)-c1c(cc(/C=C(/C)N)c(CO)c1O)C(OC)C2. The van der Waals surface area contributed by atoms with Crippen LogP contribution in [-0.4, -0.2) is 34.6 Å². The monoisotopic (exact) mass is 491 g/mol. The van der Waals surface area contributed by atoms with Gasteiger partial charge in [-0.1, -0.05) is 6.07 Å². The lowest BCUT2D eigenvalue weighted by Gasteiger charge is -2.31. The van der Waals surface area contributed by atoms with Gasteiger partial charge in [-0.05, 0) is 42.3 Å². The number of rotatable bonds is 4. The molecule has 0 saturated carbocycles. The molecule has 0 saturated heterocycles. The molecule has 0 fully saturated rings. The Morgan fingerprint density at radius 2 is 1.92 bits per heavy atom. The Labute approximate surface area is 205 Å². The molecule has 1 aliphatic carbocycles. The smallest absolute Gasteiger partial charge is 0.204 e. The molecule has 0 radical (unpaired) electrons. The number of aromatic hydroxyl groups is 3. The Hall–Kier alpha value is -4.21. The Morgan fingerprint density at radius 1 is 1.17 bits per heavy atom. The first-order chi connectivity index (χ1) is 17.2. The van der Waals surface area contributed by atoms with Crippen molar-refractivity contribution in [3.63, 3.8) is 0 Å². The molecule has 3 aromatic carbocycles. The molecule has 1 unspecified atom stereocenters. The lowest BCUT2D eigenvalue weighted by molar-refractivity contribution is 0.102. The summed E-state index contributed by atoms with van der Waals surface area (Å²) in [6.07, 6.45) is 1.28. The van der Waals surface area contributed by atoms with Gasteiger partial charge in [0, 0.05) is 41.5 Å². The summed E-state index contributed by atoms with van der Waals surface area (Å²) in [5.41, 5.74) is 7.78. The highest BCUT2D eigenvalue weighted by molar-refractivity contribution is 6.04. The average molecular weight is 491 g/mol. The van der Waals surface area contributed by atoms with Crippen LogP contribution in [0.1, 0.15) is 35.3 Å². The molecule has 9 heteroatoms. The number of benzene rings is 3. The van der Waals surface area contributed by atoms with Crippen LogP contribution in [0.5, 0.6) is 23.0 Å². The van der Waals surface area contributed by atoms with E-state index in [1.807, 2.05) is 0 Å². The molecule has 1 atom stereocenters. The van der Waals surface area contributed by atoms with E-state index in [1.54, 1.807) is 19.1 Å². The van der Waals surface area contributed by atoms with E-state index < -0.39 is 23.9 Å². The second-order valence-electron chi connectivity index (χ2n) is 8.76. The van der Waals surface area contributed by atoms with E-state index in [9.17, 15) is 25.2 Å². The third-order valence-electron chi connectivity index (χ3n) is 6.64. The summed E-state index contributed by atoms with van der Waals surface area (Å²) in [5, 5.41) is 43.2. The first-order valence-corrected chi connectivity index (χ1v) is 11.2. The van der Waals surface area contributed by atoms with Gasteiger partial charge in [0.05, 0.1) is 25.2 Å². The zero-order chi connectivity index (χ0) is 25.9. The molecule has 0 spiro atoms. The van der Waals surface area contributed by atoms with Gasteiger partial charge >= 0.3 is 0 Å². The minimum atomic E-state index is -0.573. The lowest BCUT2D eigenvalue weighted by atomic mass is 9.79. The highest BCUT2D eigenvalue weighted by Gasteiger charge is 2.36. The fourth-order valence-electron chi connectivity index (χ4n) is 5.09. The van der Waals surface area contributed by atoms with Gasteiger partial charge in [0.15, 0.2) is 22.7 Å². The number of fused-ring (bicyclic) bond motifs is 5. The average Bonchev–Trinajstić information content (AvgIpc) is 2.84. The third-order valence-corrected chi connectivity index (χ3v) is 6.64. The standard InChI is InChI=1S/C27H25NO8/c1-11(28)7-12-8-14-18(34-2)9-15-20(19(14)23(32)16(12)10-29)24(33)21-22(31)13-5-4-6-17(30)25(13)36-27(21)26(15)35-3/h4-8,18,29-30,32-33H,9-10,28H2,1-3H3/b11-7-. The quantitative estimate of drug-likeness (QED) is 0.268.